The maximum absolute atomic E-state index is 12.3. The summed E-state index contributed by atoms with van der Waals surface area (Å²) >= 11 is 5.95. The molecule has 1 N–H and O–H groups in total. The molecule has 1 amide bonds. The molecule has 1 saturated carbocycles. The number of halogens is 1. The maximum Gasteiger partial charge on any atom is 0.245 e. The lowest BCUT2D eigenvalue weighted by Crippen LogP contribution is -2.41. The van der Waals surface area contributed by atoms with Crippen molar-refractivity contribution in [3.63, 3.8) is 0 Å². The number of benzene rings is 1. The van der Waals surface area contributed by atoms with Gasteiger partial charge in [-0.2, -0.15) is 5.26 Å². The van der Waals surface area contributed by atoms with E-state index in [1.54, 1.807) is 25.1 Å². The molecule has 1 atom stereocenters. The molecule has 1 aliphatic carbocycles. The van der Waals surface area contributed by atoms with Gasteiger partial charge < -0.3 is 5.32 Å². The van der Waals surface area contributed by atoms with Gasteiger partial charge in [0, 0.05) is 11.1 Å². The summed E-state index contributed by atoms with van der Waals surface area (Å²) in [5.41, 5.74) is 1.47. The second-order valence-electron chi connectivity index (χ2n) is 6.15. The van der Waals surface area contributed by atoms with Gasteiger partial charge in [0.1, 0.15) is 0 Å². The van der Waals surface area contributed by atoms with Crippen LogP contribution in [0.15, 0.2) is 30.3 Å². The third-order valence-corrected chi connectivity index (χ3v) is 4.50. The van der Waals surface area contributed by atoms with Gasteiger partial charge in [0.2, 0.25) is 5.91 Å². The number of nitriles is 1. The fourth-order valence-corrected chi connectivity index (χ4v) is 3.09. The van der Waals surface area contributed by atoms with Crippen molar-refractivity contribution >= 4 is 28.9 Å². The lowest BCUT2D eigenvalue weighted by Gasteiger charge is -2.23. The first-order valence-electron chi connectivity index (χ1n) is 8.19. The second kappa shape index (κ2) is 8.65. The van der Waals surface area contributed by atoms with Crippen molar-refractivity contribution in [1.29, 1.82) is 5.26 Å². The van der Waals surface area contributed by atoms with Gasteiger partial charge in [0.05, 0.1) is 6.07 Å². The molecule has 2 rings (SSSR count). The van der Waals surface area contributed by atoms with Crippen LogP contribution in [0, 0.1) is 17.2 Å². The Labute approximate surface area is 147 Å². The fourth-order valence-electron chi connectivity index (χ4n) is 2.90. The van der Waals surface area contributed by atoms with Gasteiger partial charge in [-0.1, -0.05) is 43.0 Å². The van der Waals surface area contributed by atoms with Crippen molar-refractivity contribution in [1.82, 2.24) is 5.32 Å². The van der Waals surface area contributed by atoms with E-state index in [1.807, 2.05) is 12.1 Å². The lowest BCUT2D eigenvalue weighted by atomic mass is 9.94. The van der Waals surface area contributed by atoms with Crippen LogP contribution in [0.5, 0.6) is 0 Å². The molecule has 1 aliphatic rings. The van der Waals surface area contributed by atoms with Crippen molar-refractivity contribution in [3.05, 3.63) is 40.9 Å². The van der Waals surface area contributed by atoms with Gasteiger partial charge >= 0.3 is 0 Å². The van der Waals surface area contributed by atoms with Gasteiger partial charge in [0.15, 0.2) is 11.7 Å². The van der Waals surface area contributed by atoms with Gasteiger partial charge in [-0.05, 0) is 49.1 Å². The summed E-state index contributed by atoms with van der Waals surface area (Å²) < 4.78 is 0. The number of ketones is 1. The fraction of sp³-hybridized carbons (Fsp3) is 0.421. The second-order valence-corrected chi connectivity index (χ2v) is 6.58. The van der Waals surface area contributed by atoms with E-state index in [0.717, 1.165) is 31.2 Å². The Morgan fingerprint density at radius 1 is 1.33 bits per heavy atom. The maximum atomic E-state index is 12.3. The Morgan fingerprint density at radius 2 is 2.04 bits per heavy atom. The SMILES string of the molecule is C/C(=C\C(=O)C(C#N)C(=O)NC1CCCCC1)c1cccc(Cl)c1. The third kappa shape index (κ3) is 4.94. The molecule has 0 radical (unpaired) electrons. The van der Waals surface area contributed by atoms with Crippen LogP contribution in [0.4, 0.5) is 0 Å². The topological polar surface area (TPSA) is 70.0 Å². The molecule has 0 aromatic heterocycles. The van der Waals surface area contributed by atoms with Crippen LogP contribution in [-0.4, -0.2) is 17.7 Å². The van der Waals surface area contributed by atoms with Crippen LogP contribution in [0.3, 0.4) is 0 Å². The van der Waals surface area contributed by atoms with E-state index in [2.05, 4.69) is 5.32 Å². The first-order chi connectivity index (χ1) is 11.5. The summed E-state index contributed by atoms with van der Waals surface area (Å²) in [6.45, 7) is 1.76. The normalized spacial score (nSPS) is 17.0. The predicted molar refractivity (Wildman–Crippen MR) is 94.2 cm³/mol. The van der Waals surface area contributed by atoms with Crippen LogP contribution >= 0.6 is 11.6 Å². The minimum atomic E-state index is -1.30. The molecule has 1 unspecified atom stereocenters. The zero-order valence-corrected chi connectivity index (χ0v) is 14.5. The Kier molecular flexibility index (Phi) is 6.57. The number of rotatable bonds is 5. The summed E-state index contributed by atoms with van der Waals surface area (Å²) in [5.74, 6) is -2.30. The molecule has 1 aromatic rings. The molecule has 24 heavy (non-hydrogen) atoms. The number of hydrogen-bond acceptors (Lipinski definition) is 3. The van der Waals surface area contributed by atoms with Crippen molar-refractivity contribution in [2.45, 2.75) is 45.1 Å². The highest BCUT2D eigenvalue weighted by Crippen LogP contribution is 2.20. The smallest absolute Gasteiger partial charge is 0.245 e. The quantitative estimate of drug-likeness (QED) is 0.650. The van der Waals surface area contributed by atoms with Gasteiger partial charge in [-0.15, -0.1) is 0 Å². The van der Waals surface area contributed by atoms with Crippen molar-refractivity contribution in [3.8, 4) is 6.07 Å². The highest BCUT2D eigenvalue weighted by atomic mass is 35.5. The molecular weight excluding hydrogens is 324 g/mol. The number of allylic oxidation sites excluding steroid dienone is 2. The summed E-state index contributed by atoms with van der Waals surface area (Å²) in [4.78, 5) is 24.6. The van der Waals surface area contributed by atoms with Crippen molar-refractivity contribution in [2.24, 2.45) is 5.92 Å². The molecule has 0 spiro atoms. The summed E-state index contributed by atoms with van der Waals surface area (Å²) in [6, 6.07) is 9.01. The van der Waals surface area contributed by atoms with E-state index in [9.17, 15) is 14.9 Å². The molecule has 1 fully saturated rings. The molecular formula is C19H21ClN2O2. The standard InChI is InChI=1S/C19H21ClN2O2/c1-13(14-6-5-7-15(20)11-14)10-18(23)17(12-21)19(24)22-16-8-3-2-4-9-16/h5-7,10-11,16-17H,2-4,8-9H2,1H3,(H,22,24)/b13-10+. The summed E-state index contributed by atoms with van der Waals surface area (Å²) in [7, 11) is 0. The average molecular weight is 345 g/mol. The summed E-state index contributed by atoms with van der Waals surface area (Å²) in [6.07, 6.45) is 6.49. The molecule has 1 aromatic carbocycles. The number of amides is 1. The van der Waals surface area contributed by atoms with Crippen LogP contribution in [0.2, 0.25) is 5.02 Å². The number of nitrogens with zero attached hydrogens (tertiary/aromatic N) is 1. The Morgan fingerprint density at radius 3 is 2.67 bits per heavy atom. The molecule has 0 saturated heterocycles. The summed E-state index contributed by atoms with van der Waals surface area (Å²) in [5, 5.41) is 12.7. The van der Waals surface area contributed by atoms with Crippen LogP contribution in [0.25, 0.3) is 5.57 Å². The number of carbonyl (C=O) groups excluding carboxylic acids is 2. The van der Waals surface area contributed by atoms with E-state index in [4.69, 9.17) is 11.6 Å². The molecule has 0 heterocycles. The molecule has 0 bridgehead atoms. The number of nitrogens with one attached hydrogen (secondary N) is 1. The Bertz CT molecular complexity index is 685. The Hall–Kier alpha value is -2.12. The van der Waals surface area contributed by atoms with E-state index in [1.165, 1.54) is 12.5 Å². The Balaban J connectivity index is 2.06. The van der Waals surface area contributed by atoms with E-state index < -0.39 is 17.6 Å². The molecule has 5 heteroatoms. The van der Waals surface area contributed by atoms with E-state index >= 15 is 0 Å². The van der Waals surface area contributed by atoms with Gasteiger partial charge in [-0.25, -0.2) is 0 Å². The van der Waals surface area contributed by atoms with Crippen molar-refractivity contribution < 1.29 is 9.59 Å². The zero-order valence-electron chi connectivity index (χ0n) is 13.7. The third-order valence-electron chi connectivity index (χ3n) is 4.27. The first-order valence-corrected chi connectivity index (χ1v) is 8.57. The average Bonchev–Trinajstić information content (AvgIpc) is 2.56. The molecule has 126 valence electrons. The zero-order chi connectivity index (χ0) is 17.5. The monoisotopic (exact) mass is 344 g/mol. The van der Waals surface area contributed by atoms with E-state index in [0.29, 0.717) is 10.6 Å². The van der Waals surface area contributed by atoms with Crippen LogP contribution in [0.1, 0.15) is 44.6 Å². The lowest BCUT2D eigenvalue weighted by molar-refractivity contribution is -0.130. The molecule has 4 nitrogen and oxygen atoms in total. The van der Waals surface area contributed by atoms with Crippen molar-refractivity contribution in [2.75, 3.05) is 0 Å². The van der Waals surface area contributed by atoms with Crippen LogP contribution < -0.4 is 5.32 Å². The van der Waals surface area contributed by atoms with E-state index in [-0.39, 0.29) is 6.04 Å². The highest BCUT2D eigenvalue weighted by molar-refractivity contribution is 6.30. The van der Waals surface area contributed by atoms with Crippen LogP contribution in [-0.2, 0) is 9.59 Å². The number of carbonyl (C=O) groups is 2. The largest absolute Gasteiger partial charge is 0.352 e. The van der Waals surface area contributed by atoms with Gasteiger partial charge in [-0.3, -0.25) is 9.59 Å². The van der Waals surface area contributed by atoms with Gasteiger partial charge in [0.25, 0.3) is 0 Å². The molecule has 0 aliphatic heterocycles. The number of hydrogen-bond donors (Lipinski definition) is 1. The predicted octanol–water partition coefficient (Wildman–Crippen LogP) is 3.90. The minimum absolute atomic E-state index is 0.0768. The minimum Gasteiger partial charge on any atom is -0.352 e. The first kappa shape index (κ1) is 18.2. The highest BCUT2D eigenvalue weighted by Gasteiger charge is 2.27.